The first-order valence-electron chi connectivity index (χ1n) is 6.99. The number of benzene rings is 1. The first kappa shape index (κ1) is 12.1. The van der Waals surface area contributed by atoms with Gasteiger partial charge in [0.15, 0.2) is 0 Å². The average molecular weight is 248 g/mol. The monoisotopic (exact) mass is 248 g/mol. The minimum absolute atomic E-state index is 0.172. The molecule has 1 aromatic carbocycles. The van der Waals surface area contributed by atoms with Crippen LogP contribution >= 0.6 is 0 Å². The van der Waals surface area contributed by atoms with Gasteiger partial charge in [0, 0.05) is 25.2 Å². The van der Waals surface area contributed by atoms with Crippen molar-refractivity contribution < 1.29 is 4.39 Å². The number of rotatable bonds is 6. The van der Waals surface area contributed by atoms with Gasteiger partial charge < -0.3 is 5.73 Å². The second kappa shape index (κ2) is 4.98. The van der Waals surface area contributed by atoms with Crippen molar-refractivity contribution in [2.45, 2.75) is 37.8 Å². The highest BCUT2D eigenvalue weighted by Crippen LogP contribution is 2.39. The quantitative estimate of drug-likeness (QED) is 0.838. The van der Waals surface area contributed by atoms with Crippen LogP contribution in [0.4, 0.5) is 4.39 Å². The highest BCUT2D eigenvalue weighted by atomic mass is 19.1. The molecular formula is C15H21FN2. The summed E-state index contributed by atoms with van der Waals surface area (Å²) < 4.78 is 13.0. The highest BCUT2D eigenvalue weighted by Gasteiger charge is 2.37. The SMILES string of the molecule is NCC(c1ccc(F)cc1)N(CC1CC1)C1CC1. The van der Waals surface area contributed by atoms with E-state index in [4.69, 9.17) is 5.73 Å². The van der Waals surface area contributed by atoms with E-state index in [9.17, 15) is 4.39 Å². The lowest BCUT2D eigenvalue weighted by Crippen LogP contribution is -2.37. The van der Waals surface area contributed by atoms with Crippen molar-refractivity contribution in [3.05, 3.63) is 35.6 Å². The van der Waals surface area contributed by atoms with E-state index in [0.717, 1.165) is 11.5 Å². The van der Waals surface area contributed by atoms with E-state index in [1.807, 2.05) is 12.1 Å². The topological polar surface area (TPSA) is 29.3 Å². The Hall–Kier alpha value is -0.930. The summed E-state index contributed by atoms with van der Waals surface area (Å²) in [6.45, 7) is 1.79. The van der Waals surface area contributed by atoms with Crippen LogP contribution in [-0.4, -0.2) is 24.0 Å². The second-order valence-electron chi connectivity index (χ2n) is 5.67. The van der Waals surface area contributed by atoms with E-state index in [2.05, 4.69) is 4.90 Å². The van der Waals surface area contributed by atoms with Gasteiger partial charge in [0.05, 0.1) is 0 Å². The normalized spacial score (nSPS) is 21.3. The van der Waals surface area contributed by atoms with Crippen molar-refractivity contribution in [1.82, 2.24) is 4.90 Å². The van der Waals surface area contributed by atoms with Crippen LogP contribution in [0.3, 0.4) is 0 Å². The third kappa shape index (κ3) is 2.73. The second-order valence-corrected chi connectivity index (χ2v) is 5.67. The van der Waals surface area contributed by atoms with E-state index in [0.29, 0.717) is 12.6 Å². The summed E-state index contributed by atoms with van der Waals surface area (Å²) in [4.78, 5) is 2.56. The van der Waals surface area contributed by atoms with Crippen molar-refractivity contribution in [2.24, 2.45) is 11.7 Å². The number of hydrogen-bond acceptors (Lipinski definition) is 2. The summed E-state index contributed by atoms with van der Waals surface area (Å²) in [5.74, 6) is 0.704. The molecule has 0 amide bonds. The van der Waals surface area contributed by atoms with Gasteiger partial charge in [0.2, 0.25) is 0 Å². The first-order valence-corrected chi connectivity index (χ1v) is 6.99. The molecule has 1 aromatic rings. The zero-order valence-corrected chi connectivity index (χ0v) is 10.7. The summed E-state index contributed by atoms with van der Waals surface area (Å²) in [5.41, 5.74) is 7.13. The predicted octanol–water partition coefficient (Wildman–Crippen LogP) is 2.70. The van der Waals surface area contributed by atoms with Crippen molar-refractivity contribution in [1.29, 1.82) is 0 Å². The zero-order valence-electron chi connectivity index (χ0n) is 10.7. The molecule has 0 spiro atoms. The van der Waals surface area contributed by atoms with Gasteiger partial charge in [-0.1, -0.05) is 12.1 Å². The predicted molar refractivity (Wildman–Crippen MR) is 70.6 cm³/mol. The molecule has 0 aliphatic heterocycles. The van der Waals surface area contributed by atoms with Crippen molar-refractivity contribution in [3.63, 3.8) is 0 Å². The summed E-state index contributed by atoms with van der Waals surface area (Å²) in [6.07, 6.45) is 5.32. The van der Waals surface area contributed by atoms with Crippen LogP contribution in [0.2, 0.25) is 0 Å². The molecule has 2 N–H and O–H groups in total. The molecule has 0 bridgehead atoms. The van der Waals surface area contributed by atoms with E-state index in [1.54, 1.807) is 12.1 Å². The van der Waals surface area contributed by atoms with Gasteiger partial charge in [-0.2, -0.15) is 0 Å². The van der Waals surface area contributed by atoms with Gasteiger partial charge >= 0.3 is 0 Å². The molecule has 2 fully saturated rings. The first-order chi connectivity index (χ1) is 8.78. The zero-order chi connectivity index (χ0) is 12.5. The van der Waals surface area contributed by atoms with Crippen LogP contribution in [-0.2, 0) is 0 Å². The van der Waals surface area contributed by atoms with Crippen molar-refractivity contribution >= 4 is 0 Å². The molecule has 0 saturated heterocycles. The minimum Gasteiger partial charge on any atom is -0.329 e. The summed E-state index contributed by atoms with van der Waals surface area (Å²) in [7, 11) is 0. The Morgan fingerprint density at radius 3 is 2.33 bits per heavy atom. The number of hydrogen-bond donors (Lipinski definition) is 1. The van der Waals surface area contributed by atoms with Crippen LogP contribution in [0.15, 0.2) is 24.3 Å². The molecule has 0 radical (unpaired) electrons. The summed E-state index contributed by atoms with van der Waals surface area (Å²) >= 11 is 0. The molecule has 0 aromatic heterocycles. The summed E-state index contributed by atoms with van der Waals surface area (Å²) in [6, 6.07) is 7.83. The largest absolute Gasteiger partial charge is 0.329 e. The van der Waals surface area contributed by atoms with Gasteiger partial charge in [-0.25, -0.2) is 4.39 Å². The Morgan fingerprint density at radius 2 is 1.83 bits per heavy atom. The number of nitrogens with two attached hydrogens (primary N) is 1. The molecule has 2 saturated carbocycles. The van der Waals surface area contributed by atoms with E-state index in [1.165, 1.54) is 32.2 Å². The Morgan fingerprint density at radius 1 is 1.17 bits per heavy atom. The van der Waals surface area contributed by atoms with Crippen LogP contribution in [0.1, 0.15) is 37.3 Å². The van der Waals surface area contributed by atoms with Crippen LogP contribution in [0, 0.1) is 11.7 Å². The molecule has 1 atom stereocenters. The standard InChI is InChI=1S/C15H21FN2/c16-13-5-3-12(4-6-13)15(9-17)18(14-7-8-14)10-11-1-2-11/h3-6,11,14-15H,1-2,7-10,17H2. The van der Waals surface area contributed by atoms with Gasteiger partial charge in [-0.05, 0) is 49.3 Å². The molecule has 2 aliphatic carbocycles. The van der Waals surface area contributed by atoms with Crippen LogP contribution < -0.4 is 5.73 Å². The minimum atomic E-state index is -0.172. The number of nitrogens with zero attached hydrogens (tertiary/aromatic N) is 1. The lowest BCUT2D eigenvalue weighted by atomic mass is 10.0. The molecule has 3 heteroatoms. The smallest absolute Gasteiger partial charge is 0.123 e. The fourth-order valence-electron chi connectivity index (χ4n) is 2.68. The Kier molecular flexibility index (Phi) is 3.35. The third-order valence-electron chi connectivity index (χ3n) is 4.06. The Labute approximate surface area is 108 Å². The Balaban J connectivity index is 1.77. The van der Waals surface area contributed by atoms with Gasteiger partial charge in [0.1, 0.15) is 5.82 Å². The number of halogens is 1. The van der Waals surface area contributed by atoms with Crippen LogP contribution in [0.5, 0.6) is 0 Å². The van der Waals surface area contributed by atoms with E-state index >= 15 is 0 Å². The molecule has 0 heterocycles. The van der Waals surface area contributed by atoms with Gasteiger partial charge in [-0.15, -0.1) is 0 Å². The van der Waals surface area contributed by atoms with E-state index < -0.39 is 0 Å². The van der Waals surface area contributed by atoms with E-state index in [-0.39, 0.29) is 11.9 Å². The molecule has 2 aliphatic rings. The maximum absolute atomic E-state index is 13.0. The molecular weight excluding hydrogens is 227 g/mol. The fourth-order valence-corrected chi connectivity index (χ4v) is 2.68. The Bertz CT molecular complexity index is 395. The molecule has 98 valence electrons. The summed E-state index contributed by atoms with van der Waals surface area (Å²) in [5, 5.41) is 0. The lowest BCUT2D eigenvalue weighted by molar-refractivity contribution is 0.182. The van der Waals surface area contributed by atoms with Gasteiger partial charge in [0.25, 0.3) is 0 Å². The van der Waals surface area contributed by atoms with Crippen LogP contribution in [0.25, 0.3) is 0 Å². The van der Waals surface area contributed by atoms with Gasteiger partial charge in [-0.3, -0.25) is 4.90 Å². The van der Waals surface area contributed by atoms with Crippen molar-refractivity contribution in [3.8, 4) is 0 Å². The molecule has 2 nitrogen and oxygen atoms in total. The maximum atomic E-state index is 13.0. The molecule has 1 unspecified atom stereocenters. The maximum Gasteiger partial charge on any atom is 0.123 e. The molecule has 18 heavy (non-hydrogen) atoms. The third-order valence-corrected chi connectivity index (χ3v) is 4.06. The van der Waals surface area contributed by atoms with Crippen molar-refractivity contribution in [2.75, 3.05) is 13.1 Å². The highest BCUT2D eigenvalue weighted by molar-refractivity contribution is 5.21. The lowest BCUT2D eigenvalue weighted by Gasteiger charge is -2.31. The average Bonchev–Trinajstić information content (AvgIpc) is 3.25. The molecule has 3 rings (SSSR count). The fraction of sp³-hybridized carbons (Fsp3) is 0.600.